The van der Waals surface area contributed by atoms with Crippen LogP contribution in [0.5, 0.6) is 0 Å². The van der Waals surface area contributed by atoms with Crippen LogP contribution in [0.1, 0.15) is 15.9 Å². The van der Waals surface area contributed by atoms with Crippen molar-refractivity contribution in [1.82, 2.24) is 9.80 Å². The van der Waals surface area contributed by atoms with Gasteiger partial charge in [0, 0.05) is 56.0 Å². The van der Waals surface area contributed by atoms with Gasteiger partial charge in [0.25, 0.3) is 11.6 Å². The van der Waals surface area contributed by atoms with Crippen molar-refractivity contribution in [2.24, 2.45) is 0 Å². The summed E-state index contributed by atoms with van der Waals surface area (Å²) in [7, 11) is 0. The third kappa shape index (κ3) is 4.00. The Morgan fingerprint density at radius 2 is 1.80 bits per heavy atom. The van der Waals surface area contributed by atoms with Crippen molar-refractivity contribution in [3.8, 4) is 0 Å². The number of piperazine rings is 1. The van der Waals surface area contributed by atoms with Crippen LogP contribution >= 0.6 is 0 Å². The van der Waals surface area contributed by atoms with Crippen molar-refractivity contribution >= 4 is 11.6 Å². The first-order chi connectivity index (χ1) is 12.0. The number of nitrogens with zero attached hydrogens (tertiary/aromatic N) is 3. The largest absolute Gasteiger partial charge is 0.336 e. The maximum Gasteiger partial charge on any atom is 0.270 e. The molecule has 0 atom stereocenters. The van der Waals surface area contributed by atoms with E-state index in [1.165, 1.54) is 24.3 Å². The minimum Gasteiger partial charge on any atom is -0.336 e. The van der Waals surface area contributed by atoms with Crippen LogP contribution in [0.2, 0.25) is 0 Å². The van der Waals surface area contributed by atoms with E-state index in [2.05, 4.69) is 4.90 Å². The van der Waals surface area contributed by atoms with E-state index in [0.29, 0.717) is 43.9 Å². The first-order valence-corrected chi connectivity index (χ1v) is 8.04. The summed E-state index contributed by atoms with van der Waals surface area (Å²) in [5.74, 6) is -0.438. The van der Waals surface area contributed by atoms with Crippen molar-refractivity contribution in [3.63, 3.8) is 0 Å². The molecule has 0 spiro atoms. The standard InChI is InChI=1S/C18H18FN3O3/c19-17-7-2-1-4-15(17)13-20-8-10-21(11-9-20)18(23)14-5-3-6-16(12-14)22(24)25/h1-7,12H,8-11,13H2. The number of hydrogen-bond donors (Lipinski definition) is 0. The fraction of sp³-hybridized carbons (Fsp3) is 0.278. The zero-order valence-electron chi connectivity index (χ0n) is 13.6. The number of nitro benzene ring substituents is 1. The molecule has 7 heteroatoms. The fourth-order valence-corrected chi connectivity index (χ4v) is 2.91. The van der Waals surface area contributed by atoms with Gasteiger partial charge in [-0.05, 0) is 12.1 Å². The van der Waals surface area contributed by atoms with Gasteiger partial charge in [-0.25, -0.2) is 4.39 Å². The van der Waals surface area contributed by atoms with Crippen molar-refractivity contribution in [2.45, 2.75) is 6.54 Å². The number of hydrogen-bond acceptors (Lipinski definition) is 4. The molecule has 130 valence electrons. The van der Waals surface area contributed by atoms with Gasteiger partial charge in [0.2, 0.25) is 0 Å². The Morgan fingerprint density at radius 3 is 2.48 bits per heavy atom. The number of non-ortho nitro benzene ring substituents is 1. The number of amides is 1. The summed E-state index contributed by atoms with van der Waals surface area (Å²) in [5, 5.41) is 10.8. The molecule has 0 N–H and O–H groups in total. The van der Waals surface area contributed by atoms with Crippen LogP contribution in [0.25, 0.3) is 0 Å². The van der Waals surface area contributed by atoms with Crippen LogP contribution in [-0.4, -0.2) is 46.8 Å². The Labute approximate surface area is 144 Å². The molecule has 0 aliphatic carbocycles. The lowest BCUT2D eigenvalue weighted by atomic mass is 10.1. The van der Waals surface area contributed by atoms with Crippen molar-refractivity contribution < 1.29 is 14.1 Å². The maximum absolute atomic E-state index is 13.7. The van der Waals surface area contributed by atoms with Crippen LogP contribution in [0.4, 0.5) is 10.1 Å². The molecule has 1 fully saturated rings. The second kappa shape index (κ2) is 7.40. The summed E-state index contributed by atoms with van der Waals surface area (Å²) < 4.78 is 13.7. The molecule has 2 aromatic rings. The molecule has 1 aliphatic rings. The summed E-state index contributed by atoms with van der Waals surface area (Å²) in [4.78, 5) is 26.6. The molecule has 1 heterocycles. The fourth-order valence-electron chi connectivity index (χ4n) is 2.91. The average molecular weight is 343 g/mol. The number of nitro groups is 1. The van der Waals surface area contributed by atoms with Crippen LogP contribution in [0.3, 0.4) is 0 Å². The zero-order chi connectivity index (χ0) is 17.8. The molecule has 0 saturated carbocycles. The highest BCUT2D eigenvalue weighted by Crippen LogP contribution is 2.17. The minimum atomic E-state index is -0.511. The van der Waals surface area contributed by atoms with Gasteiger partial charge in [0.15, 0.2) is 0 Å². The highest BCUT2D eigenvalue weighted by atomic mass is 19.1. The van der Waals surface area contributed by atoms with E-state index >= 15 is 0 Å². The molecule has 25 heavy (non-hydrogen) atoms. The molecule has 0 bridgehead atoms. The van der Waals surface area contributed by atoms with E-state index < -0.39 is 4.92 Å². The van der Waals surface area contributed by atoms with Crippen LogP contribution < -0.4 is 0 Å². The summed E-state index contributed by atoms with van der Waals surface area (Å²) in [6.07, 6.45) is 0. The molecule has 1 amide bonds. The topological polar surface area (TPSA) is 66.7 Å². The predicted molar refractivity (Wildman–Crippen MR) is 90.7 cm³/mol. The van der Waals surface area contributed by atoms with Gasteiger partial charge in [-0.3, -0.25) is 19.8 Å². The van der Waals surface area contributed by atoms with Crippen molar-refractivity contribution in [3.05, 3.63) is 75.6 Å². The lowest BCUT2D eigenvalue weighted by Gasteiger charge is -2.34. The molecule has 0 radical (unpaired) electrons. The smallest absolute Gasteiger partial charge is 0.270 e. The number of rotatable bonds is 4. The van der Waals surface area contributed by atoms with Gasteiger partial charge in [-0.15, -0.1) is 0 Å². The molecular weight excluding hydrogens is 325 g/mol. The van der Waals surface area contributed by atoms with Crippen LogP contribution in [-0.2, 0) is 6.54 Å². The predicted octanol–water partition coefficient (Wildman–Crippen LogP) is 2.69. The normalized spacial score (nSPS) is 15.2. The lowest BCUT2D eigenvalue weighted by molar-refractivity contribution is -0.384. The molecular formula is C18H18FN3O3. The third-order valence-electron chi connectivity index (χ3n) is 4.32. The monoisotopic (exact) mass is 343 g/mol. The molecule has 3 rings (SSSR count). The molecule has 1 saturated heterocycles. The van der Waals surface area contributed by atoms with Crippen molar-refractivity contribution in [1.29, 1.82) is 0 Å². The maximum atomic E-state index is 13.7. The van der Waals surface area contributed by atoms with Gasteiger partial charge >= 0.3 is 0 Å². The van der Waals surface area contributed by atoms with E-state index in [0.717, 1.165) is 0 Å². The number of halogens is 1. The Kier molecular flexibility index (Phi) is 5.04. The molecule has 0 aromatic heterocycles. The SMILES string of the molecule is O=C(c1cccc([N+](=O)[O-])c1)N1CCN(Cc2ccccc2F)CC1. The summed E-state index contributed by atoms with van der Waals surface area (Å²) >= 11 is 0. The number of benzene rings is 2. The quantitative estimate of drug-likeness (QED) is 0.632. The van der Waals surface area contributed by atoms with E-state index in [-0.39, 0.29) is 17.4 Å². The summed E-state index contributed by atoms with van der Waals surface area (Å²) in [5.41, 5.74) is 0.863. The Bertz CT molecular complexity index is 789. The highest BCUT2D eigenvalue weighted by Gasteiger charge is 2.23. The Hall–Kier alpha value is -2.80. The van der Waals surface area contributed by atoms with E-state index in [4.69, 9.17) is 0 Å². The number of carbonyl (C=O) groups excluding carboxylic acids is 1. The van der Waals surface area contributed by atoms with E-state index in [1.807, 2.05) is 0 Å². The van der Waals surface area contributed by atoms with Crippen molar-refractivity contribution in [2.75, 3.05) is 26.2 Å². The number of carbonyl (C=O) groups is 1. The van der Waals surface area contributed by atoms with Crippen LogP contribution in [0, 0.1) is 15.9 Å². The highest BCUT2D eigenvalue weighted by molar-refractivity contribution is 5.94. The van der Waals surface area contributed by atoms with Crippen LogP contribution in [0.15, 0.2) is 48.5 Å². The minimum absolute atomic E-state index is 0.0935. The van der Waals surface area contributed by atoms with Gasteiger partial charge in [-0.2, -0.15) is 0 Å². The first-order valence-electron chi connectivity index (χ1n) is 8.04. The Balaban J connectivity index is 1.60. The van der Waals surface area contributed by atoms with Gasteiger partial charge in [0.1, 0.15) is 5.82 Å². The third-order valence-corrected chi connectivity index (χ3v) is 4.32. The summed E-state index contributed by atoms with van der Waals surface area (Å²) in [6, 6.07) is 12.4. The molecule has 1 aliphatic heterocycles. The van der Waals surface area contributed by atoms with E-state index in [1.54, 1.807) is 29.2 Å². The first kappa shape index (κ1) is 17.0. The molecule has 6 nitrogen and oxygen atoms in total. The van der Waals surface area contributed by atoms with Gasteiger partial charge < -0.3 is 4.90 Å². The van der Waals surface area contributed by atoms with Gasteiger partial charge in [0.05, 0.1) is 4.92 Å². The van der Waals surface area contributed by atoms with Gasteiger partial charge in [-0.1, -0.05) is 24.3 Å². The summed E-state index contributed by atoms with van der Waals surface area (Å²) in [6.45, 7) is 2.79. The van der Waals surface area contributed by atoms with E-state index in [9.17, 15) is 19.3 Å². The zero-order valence-corrected chi connectivity index (χ0v) is 13.6. The second-order valence-electron chi connectivity index (χ2n) is 5.97. The average Bonchev–Trinajstić information content (AvgIpc) is 2.64. The second-order valence-corrected chi connectivity index (χ2v) is 5.97. The lowest BCUT2D eigenvalue weighted by Crippen LogP contribution is -2.48. The Morgan fingerprint density at radius 1 is 1.08 bits per heavy atom. The molecule has 0 unspecified atom stereocenters. The molecule has 2 aromatic carbocycles.